The van der Waals surface area contributed by atoms with E-state index in [1.54, 1.807) is 11.9 Å². The Morgan fingerprint density at radius 3 is 2.64 bits per heavy atom. The monoisotopic (exact) mass is 348 g/mol. The molecule has 1 aromatic rings. The molecule has 140 valence electrons. The minimum Gasteiger partial charge on any atom is -0.390 e. The van der Waals surface area contributed by atoms with Crippen LogP contribution in [-0.4, -0.2) is 89.7 Å². The topological polar surface area (TPSA) is 52.0 Å². The van der Waals surface area contributed by atoms with Gasteiger partial charge in [0.1, 0.15) is 5.69 Å². The van der Waals surface area contributed by atoms with Gasteiger partial charge in [-0.15, -0.1) is 0 Å². The van der Waals surface area contributed by atoms with E-state index in [0.29, 0.717) is 19.1 Å². The van der Waals surface area contributed by atoms with Crippen LogP contribution in [0.3, 0.4) is 0 Å². The smallest absolute Gasteiger partial charge is 0.270 e. The Labute approximate surface area is 151 Å². The highest BCUT2D eigenvalue weighted by atomic mass is 16.3. The number of aromatic nitrogens is 1. The van der Waals surface area contributed by atoms with Crippen LogP contribution >= 0.6 is 0 Å². The number of aliphatic hydroxyl groups excluding tert-OH is 1. The molecule has 1 saturated heterocycles. The fourth-order valence-corrected chi connectivity index (χ4v) is 4.06. The summed E-state index contributed by atoms with van der Waals surface area (Å²) in [6.45, 7) is 5.05. The van der Waals surface area contributed by atoms with Gasteiger partial charge < -0.3 is 19.5 Å². The second-order valence-electron chi connectivity index (χ2n) is 7.68. The number of rotatable bonds is 6. The number of hydrogen-bond donors (Lipinski definition) is 1. The Balaban J connectivity index is 1.53. The molecule has 6 heteroatoms. The maximum Gasteiger partial charge on any atom is 0.270 e. The molecule has 25 heavy (non-hydrogen) atoms. The summed E-state index contributed by atoms with van der Waals surface area (Å²) >= 11 is 0. The molecule has 2 fully saturated rings. The summed E-state index contributed by atoms with van der Waals surface area (Å²) in [5, 5.41) is 10.4. The molecule has 1 aliphatic heterocycles. The average Bonchev–Trinajstić information content (AvgIpc) is 3.26. The number of β-amino-alcohol motifs (C(OH)–C–C–N with tert-alkyl or cyclic N) is 1. The summed E-state index contributed by atoms with van der Waals surface area (Å²) in [6.07, 6.45) is 6.33. The summed E-state index contributed by atoms with van der Waals surface area (Å²) in [6, 6.07) is 4.32. The Hall–Kier alpha value is -1.37. The Morgan fingerprint density at radius 2 is 1.96 bits per heavy atom. The Kier molecular flexibility index (Phi) is 6.15. The summed E-state index contributed by atoms with van der Waals surface area (Å²) in [5.74, 6) is 0.00864. The Bertz CT molecular complexity index is 560. The SMILES string of the molecule is CN1CCN(CC(O)CN(C)C(=O)c2cccn2C2CCCC2)CC1. The van der Waals surface area contributed by atoms with Gasteiger partial charge in [0.05, 0.1) is 6.10 Å². The van der Waals surface area contributed by atoms with E-state index in [4.69, 9.17) is 0 Å². The minimum atomic E-state index is -0.507. The molecular formula is C19H32N4O2. The number of aliphatic hydroxyl groups is 1. The summed E-state index contributed by atoms with van der Waals surface area (Å²) in [7, 11) is 3.92. The van der Waals surface area contributed by atoms with Crippen LogP contribution in [0.25, 0.3) is 0 Å². The minimum absolute atomic E-state index is 0.00864. The maximum absolute atomic E-state index is 12.8. The number of amides is 1. The quantitative estimate of drug-likeness (QED) is 0.842. The van der Waals surface area contributed by atoms with Crippen molar-refractivity contribution in [1.29, 1.82) is 0 Å². The van der Waals surface area contributed by atoms with Crippen molar-refractivity contribution in [2.75, 3.05) is 53.4 Å². The third kappa shape index (κ3) is 4.63. The zero-order chi connectivity index (χ0) is 17.8. The van der Waals surface area contributed by atoms with Gasteiger partial charge in [-0.25, -0.2) is 0 Å². The van der Waals surface area contributed by atoms with Crippen LogP contribution in [0.2, 0.25) is 0 Å². The van der Waals surface area contributed by atoms with E-state index in [-0.39, 0.29) is 5.91 Å². The zero-order valence-corrected chi connectivity index (χ0v) is 15.6. The van der Waals surface area contributed by atoms with Gasteiger partial charge in [-0.1, -0.05) is 12.8 Å². The van der Waals surface area contributed by atoms with Crippen LogP contribution < -0.4 is 0 Å². The molecule has 1 unspecified atom stereocenters. The number of hydrogen-bond acceptors (Lipinski definition) is 4. The van der Waals surface area contributed by atoms with Gasteiger partial charge in [-0.3, -0.25) is 9.69 Å². The van der Waals surface area contributed by atoms with E-state index >= 15 is 0 Å². The molecule has 0 spiro atoms. The van der Waals surface area contributed by atoms with Crippen molar-refractivity contribution >= 4 is 5.91 Å². The number of carbonyl (C=O) groups is 1. The van der Waals surface area contributed by atoms with Gasteiger partial charge in [0, 0.05) is 58.6 Å². The molecule has 1 saturated carbocycles. The van der Waals surface area contributed by atoms with E-state index in [1.165, 1.54) is 12.8 Å². The number of piperazine rings is 1. The molecule has 1 N–H and O–H groups in total. The molecule has 1 aromatic heterocycles. The predicted octanol–water partition coefficient (Wildman–Crippen LogP) is 1.28. The van der Waals surface area contributed by atoms with Gasteiger partial charge in [0.15, 0.2) is 0 Å². The molecule has 0 radical (unpaired) electrons. The van der Waals surface area contributed by atoms with E-state index in [9.17, 15) is 9.90 Å². The lowest BCUT2D eigenvalue weighted by molar-refractivity contribution is 0.0495. The molecule has 1 amide bonds. The highest BCUT2D eigenvalue weighted by Crippen LogP contribution is 2.31. The fourth-order valence-electron chi connectivity index (χ4n) is 4.06. The van der Waals surface area contributed by atoms with Crippen LogP contribution in [0, 0.1) is 0 Å². The fraction of sp³-hybridized carbons (Fsp3) is 0.737. The normalized spacial score (nSPS) is 21.6. The maximum atomic E-state index is 12.8. The van der Waals surface area contributed by atoms with E-state index in [0.717, 1.165) is 44.7 Å². The van der Waals surface area contributed by atoms with Crippen molar-refractivity contribution in [2.24, 2.45) is 0 Å². The highest BCUT2D eigenvalue weighted by molar-refractivity contribution is 5.92. The van der Waals surface area contributed by atoms with Crippen LogP contribution in [0.1, 0.15) is 42.2 Å². The first-order chi connectivity index (χ1) is 12.0. The predicted molar refractivity (Wildman–Crippen MR) is 98.8 cm³/mol. The molecule has 6 nitrogen and oxygen atoms in total. The van der Waals surface area contributed by atoms with Gasteiger partial charge in [0.25, 0.3) is 5.91 Å². The first-order valence-corrected chi connectivity index (χ1v) is 9.56. The number of carbonyl (C=O) groups excluding carboxylic acids is 1. The zero-order valence-electron chi connectivity index (χ0n) is 15.6. The second-order valence-corrected chi connectivity index (χ2v) is 7.68. The van der Waals surface area contributed by atoms with Crippen molar-refractivity contribution in [2.45, 2.75) is 37.8 Å². The van der Waals surface area contributed by atoms with Crippen molar-refractivity contribution in [3.05, 3.63) is 24.0 Å². The molecule has 2 heterocycles. The van der Waals surface area contributed by atoms with E-state index in [1.807, 2.05) is 18.3 Å². The first-order valence-electron chi connectivity index (χ1n) is 9.56. The van der Waals surface area contributed by atoms with Crippen molar-refractivity contribution in [3.8, 4) is 0 Å². The third-order valence-electron chi connectivity index (χ3n) is 5.61. The lowest BCUT2D eigenvalue weighted by Crippen LogP contribution is -2.49. The van der Waals surface area contributed by atoms with Crippen LogP contribution in [0.4, 0.5) is 0 Å². The standard InChI is InChI=1S/C19H32N4O2/c1-20-10-12-22(13-11-20)15-17(24)14-21(2)19(25)18-8-5-9-23(18)16-6-3-4-7-16/h5,8-9,16-17,24H,3-4,6-7,10-15H2,1-2H3. The largest absolute Gasteiger partial charge is 0.390 e. The molecule has 1 atom stereocenters. The van der Waals surface area contributed by atoms with E-state index < -0.39 is 6.10 Å². The molecule has 3 rings (SSSR count). The molecular weight excluding hydrogens is 316 g/mol. The third-order valence-corrected chi connectivity index (χ3v) is 5.61. The summed E-state index contributed by atoms with van der Waals surface area (Å²) < 4.78 is 2.14. The molecule has 0 bridgehead atoms. The van der Waals surface area contributed by atoms with Crippen molar-refractivity contribution < 1.29 is 9.90 Å². The second kappa shape index (κ2) is 8.34. The first kappa shape index (κ1) is 18.4. The average molecular weight is 348 g/mol. The van der Waals surface area contributed by atoms with Gasteiger partial charge in [0.2, 0.25) is 0 Å². The van der Waals surface area contributed by atoms with Gasteiger partial charge >= 0.3 is 0 Å². The Morgan fingerprint density at radius 1 is 1.28 bits per heavy atom. The summed E-state index contributed by atoms with van der Waals surface area (Å²) in [5.41, 5.74) is 0.751. The highest BCUT2D eigenvalue weighted by Gasteiger charge is 2.24. The van der Waals surface area contributed by atoms with Gasteiger partial charge in [-0.05, 0) is 32.0 Å². The van der Waals surface area contributed by atoms with Crippen LogP contribution in [-0.2, 0) is 0 Å². The summed E-state index contributed by atoms with van der Waals surface area (Å²) in [4.78, 5) is 19.1. The van der Waals surface area contributed by atoms with Crippen molar-refractivity contribution in [3.63, 3.8) is 0 Å². The lowest BCUT2D eigenvalue weighted by Gasteiger charge is -2.34. The van der Waals surface area contributed by atoms with Gasteiger partial charge in [-0.2, -0.15) is 0 Å². The van der Waals surface area contributed by atoms with Crippen molar-refractivity contribution in [1.82, 2.24) is 19.3 Å². The van der Waals surface area contributed by atoms with Crippen LogP contribution in [0.15, 0.2) is 18.3 Å². The lowest BCUT2D eigenvalue weighted by atomic mass is 10.2. The molecule has 0 aromatic carbocycles. The number of likely N-dealkylation sites (N-methyl/N-ethyl adjacent to an activating group) is 2. The molecule has 1 aliphatic carbocycles. The van der Waals surface area contributed by atoms with E-state index in [2.05, 4.69) is 21.4 Å². The van der Waals surface area contributed by atoms with Crippen LogP contribution in [0.5, 0.6) is 0 Å². The molecule has 2 aliphatic rings. The number of nitrogens with zero attached hydrogens (tertiary/aromatic N) is 4.